The summed E-state index contributed by atoms with van der Waals surface area (Å²) < 4.78 is 72.3. The van der Waals surface area contributed by atoms with E-state index in [4.69, 9.17) is 87.3 Å². The van der Waals surface area contributed by atoms with E-state index in [1.807, 2.05) is 72.8 Å². The van der Waals surface area contributed by atoms with Crippen molar-refractivity contribution in [2.24, 2.45) is 0 Å². The molecule has 0 saturated carbocycles. The predicted octanol–water partition coefficient (Wildman–Crippen LogP) is 18.0. The van der Waals surface area contributed by atoms with Gasteiger partial charge < -0.3 is 4.74 Å². The first-order chi connectivity index (χ1) is 62.0. The van der Waals surface area contributed by atoms with Gasteiger partial charge in [0.15, 0.2) is 7.05 Å². The molecule has 0 aliphatic rings. The monoisotopic (exact) mass is 1920 g/mol. The molecule has 0 aliphatic heterocycles. The van der Waals surface area contributed by atoms with Crippen LogP contribution in [0.1, 0.15) is 13.8 Å². The van der Waals surface area contributed by atoms with Crippen molar-refractivity contribution >= 4 is 181 Å². The Bertz CT molecular complexity index is 7340. The minimum Gasteiger partial charge on any atom is -0.466 e. The van der Waals surface area contributed by atoms with Gasteiger partial charge in [-0.05, 0) is 185 Å². The molecule has 644 valence electrons. The third-order valence-electron chi connectivity index (χ3n) is 22.0. The maximum Gasteiger partial charge on any atom is 1.00 e. The summed E-state index contributed by atoms with van der Waals surface area (Å²) in [6.45, 7) is 3.65. The van der Waals surface area contributed by atoms with Gasteiger partial charge in [-0.25, -0.2) is 77.1 Å². The summed E-state index contributed by atoms with van der Waals surface area (Å²) in [6.07, 6.45) is 0. The molecule has 16 aromatic carbocycles. The third-order valence-corrected chi connectivity index (χ3v) is 25.4. The summed E-state index contributed by atoms with van der Waals surface area (Å²) in [4.78, 5) is 59.0. The molecule has 0 radical (unpaired) electrons. The number of thiazole rings is 4. The summed E-state index contributed by atoms with van der Waals surface area (Å²) >= 11 is 6.49. The van der Waals surface area contributed by atoms with Crippen LogP contribution in [0, 0.1) is 30.6 Å². The van der Waals surface area contributed by atoms with Crippen molar-refractivity contribution in [1.82, 2.24) is 39.9 Å². The van der Waals surface area contributed by atoms with E-state index in [0.29, 0.717) is 6.61 Å². The maximum absolute atomic E-state index is 9.82. The number of hydrogen-bond acceptors (Lipinski definition) is 24. The first kappa shape index (κ1) is 89.0. The van der Waals surface area contributed by atoms with Crippen molar-refractivity contribution in [3.8, 4) is 111 Å². The maximum atomic E-state index is 9.82. The average molecular weight is 1920 g/mol. The fourth-order valence-electron chi connectivity index (χ4n) is 16.9. The van der Waals surface area contributed by atoms with Crippen LogP contribution in [0.3, 0.4) is 0 Å². The Morgan fingerprint density at radius 3 is 0.631 bits per heavy atom. The largest absolute Gasteiger partial charge is 1.00 e. The number of nitro groups is 1. The second-order valence-electron chi connectivity index (χ2n) is 29.8. The molecular weight excluding hydrogens is 1860 g/mol. The van der Waals surface area contributed by atoms with Crippen molar-refractivity contribution in [2.75, 3.05) is 13.7 Å². The molecule has 130 heavy (non-hydrogen) atoms. The van der Waals surface area contributed by atoms with E-state index in [9.17, 15) is 4.79 Å². The molecule has 8 aromatic heterocycles. The zero-order valence-corrected chi connectivity index (χ0v) is 74.8. The molecule has 0 atom stereocenters. The normalized spacial score (nSPS) is 11.5. The number of nitrogens with zero attached hydrogens (tertiary/aromatic N) is 9. The number of esters is 1. The van der Waals surface area contributed by atoms with Crippen molar-refractivity contribution < 1.29 is 106 Å². The van der Waals surface area contributed by atoms with Gasteiger partial charge in [0.1, 0.15) is 20.0 Å². The smallest absolute Gasteiger partial charge is 0.466 e. The summed E-state index contributed by atoms with van der Waals surface area (Å²) in [5.74, 6) is -0.211. The molecule has 0 bridgehead atoms. The van der Waals surface area contributed by atoms with E-state index in [1.165, 1.54) is 136 Å². The van der Waals surface area contributed by atoms with Gasteiger partial charge >= 0.3 is 40.1 Å². The Hall–Kier alpha value is -13.0. The third kappa shape index (κ3) is 18.3. The number of carbonyl (C=O) groups excluding carboxylic acids is 1. The van der Waals surface area contributed by atoms with E-state index < -0.39 is 25.4 Å². The van der Waals surface area contributed by atoms with Gasteiger partial charge in [-0.1, -0.05) is 243 Å². The molecule has 0 unspecified atom stereocenters. The number of halogens is 2. The number of hydrogen-bond donors (Lipinski definition) is 0. The number of benzene rings is 16. The number of ether oxygens (including phenoxy) is 1. The minimum absolute atomic E-state index is 0. The molecule has 21 nitrogen and oxygen atoms in total. The van der Waals surface area contributed by atoms with Crippen LogP contribution in [0.15, 0.2) is 313 Å². The van der Waals surface area contributed by atoms with Crippen molar-refractivity contribution in [3.05, 3.63) is 323 Å². The second-order valence-corrected chi connectivity index (χ2v) is 34.7. The summed E-state index contributed by atoms with van der Waals surface area (Å²) in [7, 11) is -9.00. The quantitative estimate of drug-likeness (QED) is 0.0381. The zero-order chi connectivity index (χ0) is 88.2. The van der Waals surface area contributed by atoms with Crippen LogP contribution in [-0.4, -0.2) is 64.4 Å². The van der Waals surface area contributed by atoms with E-state index in [2.05, 4.69) is 245 Å². The van der Waals surface area contributed by atoms with Gasteiger partial charge in [0.2, 0.25) is 0 Å². The average Bonchev–Trinajstić information content (AvgIpc) is 1.03. The molecule has 0 fully saturated rings. The van der Waals surface area contributed by atoms with E-state index in [1.54, 1.807) is 52.3 Å². The van der Waals surface area contributed by atoms with Crippen LogP contribution in [0.4, 0.5) is 0 Å². The van der Waals surface area contributed by atoms with E-state index >= 15 is 0 Å². The molecule has 29 heteroatoms. The van der Waals surface area contributed by atoms with Crippen molar-refractivity contribution in [1.29, 1.82) is 0 Å². The molecule has 0 amide bonds. The number of aromatic nitrogens is 8. The molecule has 0 N–H and O–H groups in total. The van der Waals surface area contributed by atoms with Crippen LogP contribution < -0.4 is 37.3 Å². The van der Waals surface area contributed by atoms with Gasteiger partial charge in [-0.2, -0.15) is 0 Å². The molecule has 0 aliphatic carbocycles. The van der Waals surface area contributed by atoms with Gasteiger partial charge in [0.25, 0.3) is 0 Å². The Balaban J connectivity index is 0.000000149. The fourth-order valence-corrected chi connectivity index (χ4v) is 20.0. The second kappa shape index (κ2) is 37.2. The minimum atomic E-state index is -4.94. The standard InChI is InChI=1S/2C48H26N4S2.C4H8O2.CH3NO2.2ClHO4.2Cu/c2*1-5-27-13-15-31-17-21-33(35-23-19-29(7-1)43(27)45(31)35)41-25-53-47(51-41)39-11-3-9-37(49-39)38-10-4-12-40(50-38)48-52-42(26-54-48)34-22-18-32-16-14-28-6-2-8-30-20-24-36(34)46(32)44(28)30;1-3-6-4(2)5;1-2(3)4;2*2-1(3,4)5;;/h2*1-26H;3H2,1-2H3;1H3;2*(H,2,3,4,5);;/q;;;;;;2*+1/p-2. The first-order valence-electron chi connectivity index (χ1n) is 39.8. The van der Waals surface area contributed by atoms with Gasteiger partial charge in [-0.15, -0.1) is 65.8 Å². The van der Waals surface area contributed by atoms with Crippen LogP contribution in [0.2, 0.25) is 0 Å². The number of pyridine rings is 4. The summed E-state index contributed by atoms with van der Waals surface area (Å²) in [5.41, 5.74) is 14.9. The Morgan fingerprint density at radius 1 is 0.277 bits per heavy atom. The summed E-state index contributed by atoms with van der Waals surface area (Å²) in [6, 6.07) is 104. The van der Waals surface area contributed by atoms with Crippen molar-refractivity contribution in [2.45, 2.75) is 13.8 Å². The van der Waals surface area contributed by atoms with E-state index in [0.717, 1.165) is 118 Å². The number of carbonyl (C=O) groups is 1. The first-order valence-corrected chi connectivity index (χ1v) is 45.8. The Labute approximate surface area is 781 Å². The van der Waals surface area contributed by atoms with E-state index in [-0.39, 0.29) is 40.1 Å². The zero-order valence-electron chi connectivity index (χ0n) is 68.1. The molecule has 0 spiro atoms. The van der Waals surface area contributed by atoms with Crippen LogP contribution in [0.25, 0.3) is 240 Å². The predicted molar refractivity (Wildman–Crippen MR) is 491 cm³/mol. The van der Waals surface area contributed by atoms with Crippen LogP contribution in [-0.2, 0) is 43.7 Å². The van der Waals surface area contributed by atoms with Gasteiger partial charge in [0, 0.05) is 55.6 Å². The molecule has 24 aromatic rings. The van der Waals surface area contributed by atoms with Crippen LogP contribution in [0.5, 0.6) is 0 Å². The topological polar surface area (TPSA) is 357 Å². The SMILES string of the molecule is CCOC(C)=O.C[N+](=O)[O-].[Cu+].[Cu+].[O-][Cl+3]([O-])([O-])[O-].[O-][Cl+3]([O-])([O-])[O-].c1cc(-c2cccc(-c3nc(-c4ccc5ccc6cccc7ccc4c5c67)cs3)n2)nc(-c2nc(-c3ccc4ccc5cccc6ccc3c4c56)cs2)c1.c1cc(-c2cccc(-c3nc(-c4ccc5ccc6cccc7ccc4c5c67)cs3)n2)nc(-c2nc(-c3ccc4ccc5cccc6ccc3c4c56)cs2)c1. The molecule has 24 rings (SSSR count). The van der Waals surface area contributed by atoms with Crippen LogP contribution >= 0.6 is 45.3 Å². The fraction of sp³-hybridized carbons (Fsp3) is 0.0396. The molecule has 8 heterocycles. The summed E-state index contributed by atoms with van der Waals surface area (Å²) in [5, 5.41) is 51.4. The Kier molecular flexibility index (Phi) is 25.5. The Morgan fingerprint density at radius 2 is 0.446 bits per heavy atom. The number of rotatable bonds is 11. The van der Waals surface area contributed by atoms with Crippen molar-refractivity contribution in [3.63, 3.8) is 0 Å². The molecular formula is C101H63Cl2Cu2N9O12S4. The van der Waals surface area contributed by atoms with Gasteiger partial charge in [0.05, 0.1) is 74.9 Å². The van der Waals surface area contributed by atoms with Gasteiger partial charge in [-0.3, -0.25) is 14.9 Å². The molecule has 0 saturated heterocycles.